The predicted octanol–water partition coefficient (Wildman–Crippen LogP) is 3.71. The number of alkyl halides is 4. The molecule has 2 aromatic rings. The minimum absolute atomic E-state index is 0.362. The van der Waals surface area contributed by atoms with E-state index in [2.05, 4.69) is 15.4 Å². The average molecular weight is 314 g/mol. The van der Waals surface area contributed by atoms with Crippen LogP contribution in [0.25, 0.3) is 10.8 Å². The maximum atomic E-state index is 12.4. The third-order valence-corrected chi connectivity index (χ3v) is 2.83. The van der Waals surface area contributed by atoms with Gasteiger partial charge >= 0.3 is 13.2 Å². The summed E-state index contributed by atoms with van der Waals surface area (Å²) in [5.41, 5.74) is 0.362. The summed E-state index contributed by atoms with van der Waals surface area (Å²) in [5.74, 6) is 1.07. The first kappa shape index (κ1) is 15.9. The van der Waals surface area contributed by atoms with E-state index >= 15 is 0 Å². The van der Waals surface area contributed by atoms with Gasteiger partial charge in [0.15, 0.2) is 11.5 Å². The Morgan fingerprint density at radius 3 is 1.95 bits per heavy atom. The third-order valence-electron chi connectivity index (χ3n) is 2.83. The fraction of sp³-hybridized carbons (Fsp3) is 0.200. The van der Waals surface area contributed by atoms with Crippen LogP contribution in [-0.2, 0) is 0 Å². The minimum Gasteiger partial charge on any atom is -0.431 e. The van der Waals surface area contributed by atoms with Crippen LogP contribution in [0.5, 0.6) is 11.5 Å². The van der Waals surface area contributed by atoms with Crippen molar-refractivity contribution in [3.05, 3.63) is 35.9 Å². The molecule has 0 bridgehead atoms. The van der Waals surface area contributed by atoms with Gasteiger partial charge in [0.05, 0.1) is 0 Å². The Balaban J connectivity index is 2.53. The number of ether oxygens (including phenoxy) is 2. The van der Waals surface area contributed by atoms with Gasteiger partial charge in [0.1, 0.15) is 6.10 Å². The molecule has 0 aliphatic carbocycles. The molecule has 116 valence electrons. The van der Waals surface area contributed by atoms with Crippen molar-refractivity contribution >= 4 is 10.8 Å². The second-order valence-corrected chi connectivity index (χ2v) is 4.23. The van der Waals surface area contributed by atoms with Crippen molar-refractivity contribution < 1.29 is 32.1 Å². The first-order chi connectivity index (χ1) is 10.4. The van der Waals surface area contributed by atoms with Crippen LogP contribution < -0.4 is 9.47 Å². The predicted molar refractivity (Wildman–Crippen MR) is 71.0 cm³/mol. The van der Waals surface area contributed by atoms with Gasteiger partial charge in [0.2, 0.25) is 0 Å². The molecule has 2 rings (SSSR count). The Hall–Kier alpha value is -2.46. The molecule has 0 spiro atoms. The van der Waals surface area contributed by atoms with Gasteiger partial charge in [-0.2, -0.15) is 17.6 Å². The zero-order valence-electron chi connectivity index (χ0n) is 11.0. The summed E-state index contributed by atoms with van der Waals surface area (Å²) in [6.45, 7) is -6.38. The van der Waals surface area contributed by atoms with Gasteiger partial charge in [0, 0.05) is 0 Å². The largest absolute Gasteiger partial charge is 0.431 e. The van der Waals surface area contributed by atoms with E-state index in [1.54, 1.807) is 0 Å². The van der Waals surface area contributed by atoms with Crippen molar-refractivity contribution in [2.24, 2.45) is 0 Å². The van der Waals surface area contributed by atoms with Crippen LogP contribution >= 0.6 is 0 Å². The number of aliphatic hydroxyl groups excluding tert-OH is 1. The van der Waals surface area contributed by atoms with Gasteiger partial charge in [-0.25, -0.2) is 0 Å². The van der Waals surface area contributed by atoms with E-state index in [1.807, 2.05) is 0 Å². The third kappa shape index (κ3) is 3.59. The lowest BCUT2D eigenvalue weighted by atomic mass is 10.0. The van der Waals surface area contributed by atoms with Crippen LogP contribution in [0.3, 0.4) is 0 Å². The molecule has 0 radical (unpaired) electrons. The first-order valence-electron chi connectivity index (χ1n) is 6.02. The molecule has 2 aromatic carbocycles. The molecule has 0 fully saturated rings. The van der Waals surface area contributed by atoms with E-state index < -0.39 is 30.8 Å². The number of halogens is 4. The summed E-state index contributed by atoms with van der Waals surface area (Å²) in [6, 6.07) is 6.70. The van der Waals surface area contributed by atoms with Gasteiger partial charge in [0.25, 0.3) is 0 Å². The maximum Gasteiger partial charge on any atom is 0.387 e. The Labute approximate surface area is 123 Å². The molecule has 1 N–H and O–H groups in total. The molecule has 0 amide bonds. The monoisotopic (exact) mass is 314 g/mol. The van der Waals surface area contributed by atoms with Crippen molar-refractivity contribution in [3.63, 3.8) is 0 Å². The van der Waals surface area contributed by atoms with Crippen LogP contribution in [0.15, 0.2) is 30.3 Å². The molecule has 0 aliphatic heterocycles. The Morgan fingerprint density at radius 1 is 0.909 bits per heavy atom. The van der Waals surface area contributed by atoms with Crippen molar-refractivity contribution in [2.75, 3.05) is 0 Å². The van der Waals surface area contributed by atoms with E-state index in [1.165, 1.54) is 18.2 Å². The van der Waals surface area contributed by atoms with Gasteiger partial charge in [-0.3, -0.25) is 0 Å². The lowest BCUT2D eigenvalue weighted by Gasteiger charge is -2.13. The zero-order chi connectivity index (χ0) is 16.3. The van der Waals surface area contributed by atoms with Crippen molar-refractivity contribution in [3.8, 4) is 23.8 Å². The molecule has 0 saturated carbocycles. The summed E-state index contributed by atoms with van der Waals surface area (Å²) >= 11 is 0. The number of hydrogen-bond acceptors (Lipinski definition) is 3. The molecular formula is C15H10F4O3. The van der Waals surface area contributed by atoms with Crippen molar-refractivity contribution in [1.29, 1.82) is 0 Å². The van der Waals surface area contributed by atoms with Crippen molar-refractivity contribution in [1.82, 2.24) is 0 Å². The minimum atomic E-state index is -3.20. The number of rotatable bonds is 5. The molecule has 22 heavy (non-hydrogen) atoms. The lowest BCUT2D eigenvalue weighted by molar-refractivity contribution is -0.0690. The van der Waals surface area contributed by atoms with Gasteiger partial charge in [-0.05, 0) is 34.5 Å². The molecule has 1 unspecified atom stereocenters. The van der Waals surface area contributed by atoms with Gasteiger partial charge in [-0.15, -0.1) is 6.42 Å². The lowest BCUT2D eigenvalue weighted by Crippen LogP contribution is -2.07. The highest BCUT2D eigenvalue weighted by Gasteiger charge is 2.16. The Kier molecular flexibility index (Phi) is 4.73. The second kappa shape index (κ2) is 6.54. The molecule has 0 aliphatic rings. The summed E-state index contributed by atoms with van der Waals surface area (Å²) in [5, 5.41) is 10.4. The van der Waals surface area contributed by atoms with E-state index in [4.69, 9.17) is 6.42 Å². The summed E-state index contributed by atoms with van der Waals surface area (Å²) in [7, 11) is 0. The van der Waals surface area contributed by atoms with E-state index in [9.17, 15) is 22.7 Å². The first-order valence-corrected chi connectivity index (χ1v) is 6.02. The summed E-state index contributed by atoms with van der Waals surface area (Å²) in [4.78, 5) is 0. The summed E-state index contributed by atoms with van der Waals surface area (Å²) < 4.78 is 57.8. The van der Waals surface area contributed by atoms with E-state index in [-0.39, 0.29) is 0 Å². The normalized spacial score (nSPS) is 12.5. The molecule has 1 atom stereocenters. The van der Waals surface area contributed by atoms with Gasteiger partial charge in [-0.1, -0.05) is 18.1 Å². The van der Waals surface area contributed by atoms with Gasteiger partial charge < -0.3 is 14.6 Å². The molecular weight excluding hydrogens is 304 g/mol. The molecule has 0 heterocycles. The number of terminal acetylenes is 1. The smallest absolute Gasteiger partial charge is 0.387 e. The average Bonchev–Trinajstić information content (AvgIpc) is 2.45. The Bertz CT molecular complexity index is 710. The fourth-order valence-corrected chi connectivity index (χ4v) is 1.92. The Morgan fingerprint density at radius 2 is 1.45 bits per heavy atom. The highest BCUT2D eigenvalue weighted by atomic mass is 19.3. The maximum absolute atomic E-state index is 12.4. The molecule has 3 nitrogen and oxygen atoms in total. The van der Waals surface area contributed by atoms with Crippen LogP contribution in [0, 0.1) is 12.3 Å². The fourth-order valence-electron chi connectivity index (χ4n) is 1.92. The number of aliphatic hydroxyl groups is 1. The topological polar surface area (TPSA) is 38.7 Å². The standard InChI is InChI=1S/C15H10F4O3/c1-2-11(20)9-4-3-8-6-12(21-14(16)17)13(22-15(18)19)7-10(8)5-9/h1,3-7,11,14-15,20H. The highest BCUT2D eigenvalue weighted by molar-refractivity contribution is 5.87. The SMILES string of the molecule is C#CC(O)c1ccc2cc(OC(F)F)c(OC(F)F)cc2c1. The molecule has 0 saturated heterocycles. The van der Waals surface area contributed by atoms with E-state index in [0.29, 0.717) is 16.3 Å². The number of benzene rings is 2. The highest BCUT2D eigenvalue weighted by Crippen LogP contribution is 2.35. The molecule has 0 aromatic heterocycles. The van der Waals surface area contributed by atoms with Crippen LogP contribution in [0.1, 0.15) is 11.7 Å². The quantitative estimate of drug-likeness (QED) is 0.675. The second-order valence-electron chi connectivity index (χ2n) is 4.23. The van der Waals surface area contributed by atoms with Crippen LogP contribution in [0.2, 0.25) is 0 Å². The number of hydrogen-bond donors (Lipinski definition) is 1. The summed E-state index contributed by atoms with van der Waals surface area (Å²) in [6.07, 6.45) is 3.93. The number of fused-ring (bicyclic) bond motifs is 1. The van der Waals surface area contributed by atoms with Crippen molar-refractivity contribution in [2.45, 2.75) is 19.3 Å². The van der Waals surface area contributed by atoms with Crippen LogP contribution in [0.4, 0.5) is 17.6 Å². The van der Waals surface area contributed by atoms with Crippen LogP contribution in [-0.4, -0.2) is 18.3 Å². The zero-order valence-corrected chi connectivity index (χ0v) is 11.0. The molecule has 7 heteroatoms. The van der Waals surface area contributed by atoms with E-state index in [0.717, 1.165) is 12.1 Å².